The minimum absolute atomic E-state index is 0.0314. The molecule has 0 bridgehead atoms. The van der Waals surface area contributed by atoms with E-state index in [0.29, 0.717) is 6.54 Å². The summed E-state index contributed by atoms with van der Waals surface area (Å²) in [4.78, 5) is 24.7. The molecule has 1 aromatic rings. The van der Waals surface area contributed by atoms with Crippen LogP contribution in [0.15, 0.2) is 4.79 Å². The third-order valence-corrected chi connectivity index (χ3v) is 5.35. The van der Waals surface area contributed by atoms with Gasteiger partial charge in [-0.15, -0.1) is 0 Å². The number of aliphatic hydroxyl groups excluding tert-OH is 1. The molecule has 1 aliphatic heterocycles. The molecule has 2 N–H and O–H groups in total. The van der Waals surface area contributed by atoms with Gasteiger partial charge in [-0.2, -0.15) is 5.10 Å². The fourth-order valence-electron chi connectivity index (χ4n) is 3.77. The lowest BCUT2D eigenvalue weighted by Gasteiger charge is -2.30. The molecular formula is C16H26N4O3. The number of nitrogens with one attached hydrogen (secondary N) is 1. The monoisotopic (exact) mass is 322 g/mol. The molecule has 2 aliphatic rings. The first-order valence-electron chi connectivity index (χ1n) is 8.60. The topological polar surface area (TPSA) is 89.2 Å². The predicted molar refractivity (Wildman–Crippen MR) is 85.0 cm³/mol. The first-order chi connectivity index (χ1) is 11.0. The highest BCUT2D eigenvalue weighted by Crippen LogP contribution is 2.37. The Morgan fingerprint density at radius 2 is 2.22 bits per heavy atom. The number of hydrogen-bond acceptors (Lipinski definition) is 4. The molecule has 1 amide bonds. The fourth-order valence-corrected chi connectivity index (χ4v) is 3.77. The molecule has 1 aliphatic carbocycles. The molecule has 2 atom stereocenters. The number of amides is 1. The van der Waals surface area contributed by atoms with Crippen molar-refractivity contribution >= 4 is 5.91 Å². The summed E-state index contributed by atoms with van der Waals surface area (Å²) in [5, 5.41) is 16.9. The van der Waals surface area contributed by atoms with Gasteiger partial charge in [0.05, 0.1) is 6.61 Å². The molecule has 7 nitrogen and oxygen atoms in total. The summed E-state index contributed by atoms with van der Waals surface area (Å²) in [5.74, 6) is 0.591. The minimum atomic E-state index is -0.258. The molecule has 2 heterocycles. The van der Waals surface area contributed by atoms with Crippen LogP contribution < -0.4 is 11.0 Å². The maximum atomic E-state index is 12.4. The molecule has 1 aromatic heterocycles. The van der Waals surface area contributed by atoms with E-state index in [0.717, 1.165) is 50.8 Å². The number of carbonyl (C=O) groups excluding carboxylic acids is 1. The Kier molecular flexibility index (Phi) is 4.57. The highest BCUT2D eigenvalue weighted by molar-refractivity contribution is 5.76. The average molecular weight is 322 g/mol. The molecule has 3 rings (SSSR count). The van der Waals surface area contributed by atoms with Gasteiger partial charge in [-0.1, -0.05) is 19.8 Å². The molecule has 128 valence electrons. The van der Waals surface area contributed by atoms with Gasteiger partial charge >= 0.3 is 5.69 Å². The molecule has 1 fully saturated rings. The van der Waals surface area contributed by atoms with E-state index in [2.05, 4.69) is 10.4 Å². The third-order valence-electron chi connectivity index (χ3n) is 5.35. The summed E-state index contributed by atoms with van der Waals surface area (Å²) in [6.07, 6.45) is 6.73. The molecule has 7 heteroatoms. The molecule has 0 saturated heterocycles. The number of nitrogens with zero attached hydrogens (tertiary/aromatic N) is 3. The molecule has 23 heavy (non-hydrogen) atoms. The number of rotatable bonds is 4. The van der Waals surface area contributed by atoms with Crippen LogP contribution in [0.2, 0.25) is 0 Å². The summed E-state index contributed by atoms with van der Waals surface area (Å²) >= 11 is 0. The van der Waals surface area contributed by atoms with Crippen molar-refractivity contribution in [3.63, 3.8) is 0 Å². The Balaban J connectivity index is 1.68. The van der Waals surface area contributed by atoms with E-state index >= 15 is 0 Å². The number of aliphatic hydroxyl groups is 1. The zero-order chi connectivity index (χ0) is 16.4. The second-order valence-electron chi connectivity index (χ2n) is 7.14. The van der Waals surface area contributed by atoms with Gasteiger partial charge in [-0.05, 0) is 25.7 Å². The normalized spacial score (nSPS) is 27.5. The summed E-state index contributed by atoms with van der Waals surface area (Å²) < 4.78 is 2.98. The van der Waals surface area contributed by atoms with Crippen molar-refractivity contribution in [2.75, 3.05) is 6.61 Å². The van der Waals surface area contributed by atoms with E-state index in [1.54, 1.807) is 4.57 Å². The zero-order valence-corrected chi connectivity index (χ0v) is 13.8. The highest BCUT2D eigenvalue weighted by atomic mass is 16.3. The van der Waals surface area contributed by atoms with Crippen molar-refractivity contribution in [3.8, 4) is 0 Å². The minimum Gasteiger partial charge on any atom is -0.396 e. The SMILES string of the molecule is CC1(CO)CCCC1NC(=O)Cn1nc2n(c1=O)CCCCC2. The second kappa shape index (κ2) is 6.47. The quantitative estimate of drug-likeness (QED) is 0.842. The molecule has 2 unspecified atom stereocenters. The molecule has 0 aromatic carbocycles. The van der Waals surface area contributed by atoms with E-state index in [1.165, 1.54) is 4.68 Å². The van der Waals surface area contributed by atoms with Crippen molar-refractivity contribution in [3.05, 3.63) is 16.3 Å². The lowest BCUT2D eigenvalue weighted by Crippen LogP contribution is -2.46. The number of hydrogen-bond donors (Lipinski definition) is 2. The largest absolute Gasteiger partial charge is 0.396 e. The van der Waals surface area contributed by atoms with E-state index in [9.17, 15) is 14.7 Å². The van der Waals surface area contributed by atoms with Crippen molar-refractivity contribution in [2.45, 2.75) is 71.0 Å². The third kappa shape index (κ3) is 3.20. The van der Waals surface area contributed by atoms with Gasteiger partial charge < -0.3 is 10.4 Å². The number of aromatic nitrogens is 3. The first-order valence-corrected chi connectivity index (χ1v) is 8.60. The summed E-state index contributed by atoms with van der Waals surface area (Å²) in [7, 11) is 0. The van der Waals surface area contributed by atoms with Crippen LogP contribution in [-0.4, -0.2) is 38.0 Å². The standard InChI is InChI=1S/C16H26N4O3/c1-16(11-21)8-5-6-12(16)17-14(22)10-20-15(23)19-9-4-2-3-7-13(19)18-20/h12,21H,2-11H2,1H3,(H,17,22). The van der Waals surface area contributed by atoms with Gasteiger partial charge in [-0.3, -0.25) is 9.36 Å². The average Bonchev–Trinajstić information content (AvgIpc) is 2.92. The molecule has 0 spiro atoms. The summed E-state index contributed by atoms with van der Waals surface area (Å²) in [5.41, 5.74) is -0.445. The summed E-state index contributed by atoms with van der Waals surface area (Å²) in [6.45, 7) is 2.71. The van der Waals surface area contributed by atoms with Crippen LogP contribution in [0.5, 0.6) is 0 Å². The lowest BCUT2D eigenvalue weighted by molar-refractivity contribution is -0.123. The van der Waals surface area contributed by atoms with Gasteiger partial charge in [0, 0.05) is 24.4 Å². The van der Waals surface area contributed by atoms with Crippen LogP contribution in [0.4, 0.5) is 0 Å². The lowest BCUT2D eigenvalue weighted by atomic mass is 9.86. The van der Waals surface area contributed by atoms with Crippen LogP contribution in [0, 0.1) is 5.41 Å². The van der Waals surface area contributed by atoms with E-state index in [1.807, 2.05) is 6.92 Å². The van der Waals surface area contributed by atoms with Crippen LogP contribution in [0.1, 0.15) is 51.3 Å². The molecule has 1 saturated carbocycles. The van der Waals surface area contributed by atoms with Crippen molar-refractivity contribution < 1.29 is 9.90 Å². The number of fused-ring (bicyclic) bond motifs is 1. The van der Waals surface area contributed by atoms with E-state index < -0.39 is 0 Å². The molecular weight excluding hydrogens is 296 g/mol. The Labute approximate surface area is 135 Å². The van der Waals surface area contributed by atoms with Gasteiger partial charge in [-0.25, -0.2) is 9.48 Å². The second-order valence-corrected chi connectivity index (χ2v) is 7.14. The molecule has 0 radical (unpaired) electrons. The zero-order valence-electron chi connectivity index (χ0n) is 13.8. The van der Waals surface area contributed by atoms with E-state index in [-0.39, 0.29) is 36.2 Å². The van der Waals surface area contributed by atoms with Crippen molar-refractivity contribution in [2.24, 2.45) is 5.41 Å². The maximum Gasteiger partial charge on any atom is 0.346 e. The Hall–Kier alpha value is -1.63. The predicted octanol–water partition coefficient (Wildman–Crippen LogP) is 0.438. The smallest absolute Gasteiger partial charge is 0.346 e. The number of carbonyl (C=O) groups is 1. The van der Waals surface area contributed by atoms with Gasteiger partial charge in [0.15, 0.2) is 0 Å². The first kappa shape index (κ1) is 16.2. The van der Waals surface area contributed by atoms with Crippen molar-refractivity contribution in [1.29, 1.82) is 0 Å². The number of aryl methyl sites for hydroxylation is 1. The Morgan fingerprint density at radius 1 is 1.39 bits per heavy atom. The fraction of sp³-hybridized carbons (Fsp3) is 0.812. The summed E-state index contributed by atoms with van der Waals surface area (Å²) in [6, 6.07) is -0.0314. The van der Waals surface area contributed by atoms with Crippen LogP contribution in [0.3, 0.4) is 0 Å². The van der Waals surface area contributed by atoms with Gasteiger partial charge in [0.1, 0.15) is 12.4 Å². The van der Waals surface area contributed by atoms with Crippen LogP contribution in [0.25, 0.3) is 0 Å². The maximum absolute atomic E-state index is 12.4. The Morgan fingerprint density at radius 3 is 3.00 bits per heavy atom. The Bertz CT molecular complexity index is 636. The highest BCUT2D eigenvalue weighted by Gasteiger charge is 2.39. The van der Waals surface area contributed by atoms with Gasteiger partial charge in [0.25, 0.3) is 0 Å². The van der Waals surface area contributed by atoms with Crippen LogP contribution >= 0.6 is 0 Å². The van der Waals surface area contributed by atoms with Crippen LogP contribution in [-0.2, 0) is 24.3 Å². The van der Waals surface area contributed by atoms with Crippen molar-refractivity contribution in [1.82, 2.24) is 19.7 Å². The van der Waals surface area contributed by atoms with Gasteiger partial charge in [0.2, 0.25) is 5.91 Å². The van der Waals surface area contributed by atoms with E-state index in [4.69, 9.17) is 0 Å².